The van der Waals surface area contributed by atoms with Crippen LogP contribution in [0.3, 0.4) is 0 Å². The van der Waals surface area contributed by atoms with E-state index < -0.39 is 0 Å². The average Bonchev–Trinajstić information content (AvgIpc) is 2.36. The standard InChI is InChI=1S/C15H23ClN2/c1-10-5-6-13(16)15(9-10)18-8-7-14(17-4)11(2)12(18)3/h5-6,9,11-12,14,17H,7-8H2,1-4H3. The summed E-state index contributed by atoms with van der Waals surface area (Å²) in [6.45, 7) is 7.81. The molecule has 1 aliphatic heterocycles. The number of nitrogens with zero attached hydrogens (tertiary/aromatic N) is 1. The molecule has 1 saturated heterocycles. The lowest BCUT2D eigenvalue weighted by molar-refractivity contribution is 0.283. The van der Waals surface area contributed by atoms with E-state index in [1.807, 2.05) is 6.07 Å². The van der Waals surface area contributed by atoms with Crippen molar-refractivity contribution < 1.29 is 0 Å². The number of hydrogen-bond acceptors (Lipinski definition) is 2. The molecule has 0 bridgehead atoms. The van der Waals surface area contributed by atoms with Crippen molar-refractivity contribution in [2.24, 2.45) is 5.92 Å². The monoisotopic (exact) mass is 266 g/mol. The highest BCUT2D eigenvalue weighted by molar-refractivity contribution is 6.33. The second kappa shape index (κ2) is 5.50. The summed E-state index contributed by atoms with van der Waals surface area (Å²) in [7, 11) is 2.06. The Bertz CT molecular complexity index is 419. The fraction of sp³-hybridized carbons (Fsp3) is 0.600. The molecular weight excluding hydrogens is 244 g/mol. The van der Waals surface area contributed by atoms with Gasteiger partial charge in [0, 0.05) is 18.6 Å². The third-order valence-electron chi connectivity index (χ3n) is 4.35. The Hall–Kier alpha value is -0.730. The Kier molecular flexibility index (Phi) is 4.18. The van der Waals surface area contributed by atoms with Gasteiger partial charge in [-0.2, -0.15) is 0 Å². The number of halogens is 1. The number of aryl methyl sites for hydroxylation is 1. The molecule has 0 aromatic heterocycles. The number of benzene rings is 1. The molecule has 0 aliphatic carbocycles. The maximum Gasteiger partial charge on any atom is 0.0639 e. The number of rotatable bonds is 2. The fourth-order valence-corrected chi connectivity index (χ4v) is 3.18. The van der Waals surface area contributed by atoms with Gasteiger partial charge in [-0.25, -0.2) is 0 Å². The van der Waals surface area contributed by atoms with E-state index in [2.05, 4.69) is 50.2 Å². The first-order valence-electron chi connectivity index (χ1n) is 6.74. The van der Waals surface area contributed by atoms with Crippen LogP contribution in [0.15, 0.2) is 18.2 Å². The van der Waals surface area contributed by atoms with Gasteiger partial charge in [-0.05, 0) is 50.9 Å². The molecule has 0 spiro atoms. The van der Waals surface area contributed by atoms with Crippen molar-refractivity contribution in [3.63, 3.8) is 0 Å². The maximum absolute atomic E-state index is 6.36. The van der Waals surface area contributed by atoms with Crippen LogP contribution in [0.25, 0.3) is 0 Å². The predicted molar refractivity (Wildman–Crippen MR) is 79.6 cm³/mol. The van der Waals surface area contributed by atoms with Crippen LogP contribution in [-0.4, -0.2) is 25.7 Å². The van der Waals surface area contributed by atoms with Crippen LogP contribution < -0.4 is 10.2 Å². The van der Waals surface area contributed by atoms with E-state index >= 15 is 0 Å². The van der Waals surface area contributed by atoms with Crippen molar-refractivity contribution in [3.8, 4) is 0 Å². The summed E-state index contributed by atoms with van der Waals surface area (Å²) in [6, 6.07) is 7.40. The first kappa shape index (κ1) is 13.7. The minimum atomic E-state index is 0.510. The summed E-state index contributed by atoms with van der Waals surface area (Å²) < 4.78 is 0. The molecule has 0 amide bonds. The third kappa shape index (κ3) is 2.50. The van der Waals surface area contributed by atoms with Crippen molar-refractivity contribution in [1.82, 2.24) is 5.32 Å². The summed E-state index contributed by atoms with van der Waals surface area (Å²) in [5.41, 5.74) is 2.45. The van der Waals surface area contributed by atoms with Gasteiger partial charge in [-0.3, -0.25) is 0 Å². The van der Waals surface area contributed by atoms with Crippen molar-refractivity contribution in [3.05, 3.63) is 28.8 Å². The lowest BCUT2D eigenvalue weighted by atomic mass is 9.86. The molecule has 3 unspecified atom stereocenters. The molecule has 2 rings (SSSR count). The quantitative estimate of drug-likeness (QED) is 0.882. The van der Waals surface area contributed by atoms with E-state index in [9.17, 15) is 0 Å². The Morgan fingerprint density at radius 1 is 1.33 bits per heavy atom. The summed E-state index contributed by atoms with van der Waals surface area (Å²) in [6.07, 6.45) is 1.17. The zero-order valence-corrected chi connectivity index (χ0v) is 12.5. The van der Waals surface area contributed by atoms with Crippen molar-refractivity contribution in [2.75, 3.05) is 18.5 Å². The molecule has 18 heavy (non-hydrogen) atoms. The highest BCUT2D eigenvalue weighted by atomic mass is 35.5. The minimum Gasteiger partial charge on any atom is -0.367 e. The molecule has 1 N–H and O–H groups in total. The van der Waals surface area contributed by atoms with Crippen LogP contribution >= 0.6 is 11.6 Å². The number of anilines is 1. The van der Waals surface area contributed by atoms with Crippen molar-refractivity contribution in [1.29, 1.82) is 0 Å². The Balaban J connectivity index is 2.26. The zero-order chi connectivity index (χ0) is 13.3. The zero-order valence-electron chi connectivity index (χ0n) is 11.7. The van der Waals surface area contributed by atoms with Gasteiger partial charge in [-0.15, -0.1) is 0 Å². The first-order chi connectivity index (χ1) is 8.54. The van der Waals surface area contributed by atoms with E-state index in [1.165, 1.54) is 17.7 Å². The molecular formula is C15H23ClN2. The van der Waals surface area contributed by atoms with Gasteiger partial charge in [0.25, 0.3) is 0 Å². The molecule has 1 aromatic rings. The van der Waals surface area contributed by atoms with Crippen LogP contribution in [0.2, 0.25) is 5.02 Å². The summed E-state index contributed by atoms with van der Waals surface area (Å²) >= 11 is 6.36. The third-order valence-corrected chi connectivity index (χ3v) is 4.67. The van der Waals surface area contributed by atoms with E-state index in [1.54, 1.807) is 0 Å². The summed E-state index contributed by atoms with van der Waals surface area (Å²) in [5, 5.41) is 4.29. The smallest absolute Gasteiger partial charge is 0.0639 e. The maximum atomic E-state index is 6.36. The number of piperidine rings is 1. The summed E-state index contributed by atoms with van der Waals surface area (Å²) in [4.78, 5) is 2.45. The molecule has 3 heteroatoms. The van der Waals surface area contributed by atoms with Gasteiger partial charge < -0.3 is 10.2 Å². The van der Waals surface area contributed by atoms with Gasteiger partial charge in [0.1, 0.15) is 0 Å². The van der Waals surface area contributed by atoms with Crippen LogP contribution in [-0.2, 0) is 0 Å². The lowest BCUT2D eigenvalue weighted by Crippen LogP contribution is -2.52. The van der Waals surface area contributed by atoms with E-state index in [0.717, 1.165) is 11.6 Å². The first-order valence-corrected chi connectivity index (χ1v) is 7.12. The van der Waals surface area contributed by atoms with Gasteiger partial charge in [0.2, 0.25) is 0 Å². The molecule has 3 atom stereocenters. The second-order valence-electron chi connectivity index (χ2n) is 5.43. The lowest BCUT2D eigenvalue weighted by Gasteiger charge is -2.44. The molecule has 1 aliphatic rings. The van der Waals surface area contributed by atoms with Crippen LogP contribution in [0.5, 0.6) is 0 Å². The van der Waals surface area contributed by atoms with E-state index in [0.29, 0.717) is 18.0 Å². The van der Waals surface area contributed by atoms with E-state index in [4.69, 9.17) is 11.6 Å². The normalized spacial score (nSPS) is 28.5. The SMILES string of the molecule is CNC1CCN(c2cc(C)ccc2Cl)C(C)C1C. The topological polar surface area (TPSA) is 15.3 Å². The molecule has 0 saturated carbocycles. The van der Waals surface area contributed by atoms with Crippen LogP contribution in [0.4, 0.5) is 5.69 Å². The molecule has 0 radical (unpaired) electrons. The van der Waals surface area contributed by atoms with E-state index in [-0.39, 0.29) is 0 Å². The minimum absolute atomic E-state index is 0.510. The highest BCUT2D eigenvalue weighted by Gasteiger charge is 2.32. The Morgan fingerprint density at radius 3 is 2.72 bits per heavy atom. The molecule has 1 heterocycles. The van der Waals surface area contributed by atoms with Gasteiger partial charge >= 0.3 is 0 Å². The number of hydrogen-bond donors (Lipinski definition) is 1. The van der Waals surface area contributed by atoms with Gasteiger partial charge in [0.05, 0.1) is 10.7 Å². The number of nitrogens with one attached hydrogen (secondary N) is 1. The summed E-state index contributed by atoms with van der Waals surface area (Å²) in [5.74, 6) is 0.625. The Labute approximate surface area is 115 Å². The molecule has 2 nitrogen and oxygen atoms in total. The fourth-order valence-electron chi connectivity index (χ4n) is 2.95. The Morgan fingerprint density at radius 2 is 2.06 bits per heavy atom. The van der Waals surface area contributed by atoms with Gasteiger partial charge in [-0.1, -0.05) is 24.6 Å². The molecule has 1 fully saturated rings. The second-order valence-corrected chi connectivity index (χ2v) is 5.84. The van der Waals surface area contributed by atoms with Crippen LogP contribution in [0.1, 0.15) is 25.8 Å². The predicted octanol–water partition coefficient (Wildman–Crippen LogP) is 3.47. The van der Waals surface area contributed by atoms with Gasteiger partial charge in [0.15, 0.2) is 0 Å². The highest BCUT2D eigenvalue weighted by Crippen LogP contribution is 2.33. The van der Waals surface area contributed by atoms with Crippen molar-refractivity contribution >= 4 is 17.3 Å². The molecule has 1 aromatic carbocycles. The average molecular weight is 267 g/mol. The molecule has 100 valence electrons. The largest absolute Gasteiger partial charge is 0.367 e. The van der Waals surface area contributed by atoms with Crippen molar-refractivity contribution in [2.45, 2.75) is 39.3 Å². The van der Waals surface area contributed by atoms with Crippen LogP contribution in [0, 0.1) is 12.8 Å².